The first-order chi connectivity index (χ1) is 10.1. The Morgan fingerprint density at radius 1 is 1.19 bits per heavy atom. The summed E-state index contributed by atoms with van der Waals surface area (Å²) < 4.78 is 13.1. The molecule has 0 aliphatic rings. The van der Waals surface area contributed by atoms with Gasteiger partial charge in [0.05, 0.1) is 18.1 Å². The maximum absolute atomic E-state index is 13.1. The summed E-state index contributed by atoms with van der Waals surface area (Å²) in [6, 6.07) is 15.2. The Labute approximate surface area is 123 Å². The molecule has 0 N–H and O–H groups in total. The normalized spacial score (nSPS) is 9.95. The molecule has 2 aromatic carbocycles. The van der Waals surface area contributed by atoms with Crippen LogP contribution in [0.15, 0.2) is 48.5 Å². The van der Waals surface area contributed by atoms with E-state index in [1.165, 1.54) is 12.1 Å². The van der Waals surface area contributed by atoms with Gasteiger partial charge < -0.3 is 4.90 Å². The third kappa shape index (κ3) is 4.15. The fourth-order valence-electron chi connectivity index (χ4n) is 2.00. The maximum Gasteiger partial charge on any atom is 0.227 e. The van der Waals surface area contributed by atoms with Crippen LogP contribution in [0, 0.1) is 17.1 Å². The third-order valence-corrected chi connectivity index (χ3v) is 3.17. The van der Waals surface area contributed by atoms with Crippen LogP contribution in [-0.4, -0.2) is 17.9 Å². The molecule has 106 valence electrons. The van der Waals surface area contributed by atoms with Crippen LogP contribution in [-0.2, 0) is 17.8 Å². The number of nitriles is 1. The molecular weight excluding hydrogens is 267 g/mol. The molecule has 0 spiro atoms. The summed E-state index contributed by atoms with van der Waals surface area (Å²) in [7, 11) is 1.69. The smallest absolute Gasteiger partial charge is 0.227 e. The van der Waals surface area contributed by atoms with E-state index in [4.69, 9.17) is 5.26 Å². The quantitative estimate of drug-likeness (QED) is 0.865. The van der Waals surface area contributed by atoms with E-state index in [-0.39, 0.29) is 18.1 Å². The number of rotatable bonds is 4. The first-order valence-electron chi connectivity index (χ1n) is 6.56. The van der Waals surface area contributed by atoms with E-state index in [0.717, 1.165) is 11.1 Å². The maximum atomic E-state index is 13.1. The van der Waals surface area contributed by atoms with Crippen molar-refractivity contribution in [2.24, 2.45) is 0 Å². The molecule has 2 rings (SSSR count). The van der Waals surface area contributed by atoms with Gasteiger partial charge in [-0.2, -0.15) is 5.26 Å². The minimum absolute atomic E-state index is 0.0519. The molecule has 0 heterocycles. The van der Waals surface area contributed by atoms with Crippen molar-refractivity contribution < 1.29 is 9.18 Å². The van der Waals surface area contributed by atoms with Gasteiger partial charge in [-0.1, -0.05) is 24.3 Å². The van der Waals surface area contributed by atoms with Gasteiger partial charge in [-0.15, -0.1) is 0 Å². The minimum atomic E-state index is -0.305. The fourth-order valence-corrected chi connectivity index (χ4v) is 2.00. The lowest BCUT2D eigenvalue weighted by atomic mass is 10.1. The van der Waals surface area contributed by atoms with Gasteiger partial charge in [-0.25, -0.2) is 4.39 Å². The summed E-state index contributed by atoms with van der Waals surface area (Å²) in [5.41, 5.74) is 2.18. The third-order valence-electron chi connectivity index (χ3n) is 3.17. The summed E-state index contributed by atoms with van der Waals surface area (Å²) in [6.45, 7) is 0.368. The van der Waals surface area contributed by atoms with Gasteiger partial charge in [0.25, 0.3) is 0 Å². The molecule has 0 aromatic heterocycles. The number of likely N-dealkylation sites (N-methyl/N-ethyl adjacent to an activating group) is 1. The molecule has 4 heteroatoms. The molecule has 0 aliphatic heterocycles. The van der Waals surface area contributed by atoms with Crippen molar-refractivity contribution >= 4 is 5.91 Å². The van der Waals surface area contributed by atoms with Crippen LogP contribution >= 0.6 is 0 Å². The molecule has 3 nitrogen and oxygen atoms in total. The summed E-state index contributed by atoms with van der Waals surface area (Å²) in [5, 5.41) is 8.73. The molecule has 1 amide bonds. The van der Waals surface area contributed by atoms with Gasteiger partial charge in [0.15, 0.2) is 0 Å². The Kier molecular flexibility index (Phi) is 4.68. The van der Waals surface area contributed by atoms with Crippen LogP contribution in [0.2, 0.25) is 0 Å². The monoisotopic (exact) mass is 282 g/mol. The highest BCUT2D eigenvalue weighted by molar-refractivity contribution is 5.78. The second-order valence-electron chi connectivity index (χ2n) is 4.87. The topological polar surface area (TPSA) is 44.1 Å². The zero-order valence-electron chi connectivity index (χ0n) is 11.7. The number of hydrogen-bond acceptors (Lipinski definition) is 2. The molecule has 2 aromatic rings. The molecule has 0 saturated heterocycles. The van der Waals surface area contributed by atoms with Crippen LogP contribution in [0.3, 0.4) is 0 Å². The summed E-state index contributed by atoms with van der Waals surface area (Å²) in [4.78, 5) is 13.7. The predicted molar refractivity (Wildman–Crippen MR) is 77.7 cm³/mol. The second kappa shape index (κ2) is 6.67. The Bertz CT molecular complexity index is 674. The van der Waals surface area contributed by atoms with Gasteiger partial charge in [0.2, 0.25) is 5.91 Å². The van der Waals surface area contributed by atoms with Gasteiger partial charge in [0, 0.05) is 13.6 Å². The number of carbonyl (C=O) groups excluding carboxylic acids is 1. The van der Waals surface area contributed by atoms with E-state index in [1.807, 2.05) is 6.07 Å². The molecular formula is C17H15FN2O. The lowest BCUT2D eigenvalue weighted by Crippen LogP contribution is -2.27. The Morgan fingerprint density at radius 2 is 1.90 bits per heavy atom. The molecule has 0 unspecified atom stereocenters. The summed E-state index contributed by atoms with van der Waals surface area (Å²) >= 11 is 0. The number of carbonyl (C=O) groups is 1. The lowest BCUT2D eigenvalue weighted by Gasteiger charge is -2.17. The van der Waals surface area contributed by atoms with Crippen molar-refractivity contribution in [2.45, 2.75) is 13.0 Å². The molecule has 0 saturated carbocycles. The average molecular weight is 282 g/mol. The zero-order valence-corrected chi connectivity index (χ0v) is 11.7. The summed E-state index contributed by atoms with van der Waals surface area (Å²) in [6.07, 6.45) is 0.261. The van der Waals surface area contributed by atoms with E-state index in [1.54, 1.807) is 48.3 Å². The Morgan fingerprint density at radius 3 is 2.52 bits per heavy atom. The second-order valence-corrected chi connectivity index (χ2v) is 4.87. The highest BCUT2D eigenvalue weighted by Crippen LogP contribution is 2.09. The van der Waals surface area contributed by atoms with Crippen LogP contribution in [0.5, 0.6) is 0 Å². The SMILES string of the molecule is CN(Cc1cccc(F)c1)C(=O)Cc1ccc(C#N)cc1. The molecule has 0 fully saturated rings. The molecule has 0 aliphatic carbocycles. The van der Waals surface area contributed by atoms with E-state index >= 15 is 0 Å². The minimum Gasteiger partial charge on any atom is -0.341 e. The first kappa shape index (κ1) is 14.7. The van der Waals surface area contributed by atoms with E-state index in [0.29, 0.717) is 12.1 Å². The van der Waals surface area contributed by atoms with Gasteiger partial charge >= 0.3 is 0 Å². The van der Waals surface area contributed by atoms with Crippen molar-refractivity contribution in [3.05, 3.63) is 71.0 Å². The largest absolute Gasteiger partial charge is 0.341 e. The lowest BCUT2D eigenvalue weighted by molar-refractivity contribution is -0.129. The van der Waals surface area contributed by atoms with Gasteiger partial charge in [0.1, 0.15) is 5.82 Å². The summed E-state index contributed by atoms with van der Waals surface area (Å²) in [5.74, 6) is -0.357. The van der Waals surface area contributed by atoms with Crippen molar-refractivity contribution in [2.75, 3.05) is 7.05 Å². The van der Waals surface area contributed by atoms with Crippen LogP contribution in [0.4, 0.5) is 4.39 Å². The zero-order chi connectivity index (χ0) is 15.2. The standard InChI is InChI=1S/C17H15FN2O/c1-20(12-15-3-2-4-16(18)9-15)17(21)10-13-5-7-14(11-19)8-6-13/h2-9H,10,12H2,1H3. The molecule has 0 bridgehead atoms. The first-order valence-corrected chi connectivity index (χ1v) is 6.56. The van der Waals surface area contributed by atoms with Crippen molar-refractivity contribution in [3.63, 3.8) is 0 Å². The van der Waals surface area contributed by atoms with E-state index in [9.17, 15) is 9.18 Å². The number of amides is 1. The number of nitrogens with zero attached hydrogens (tertiary/aromatic N) is 2. The van der Waals surface area contributed by atoms with Gasteiger partial charge in [-0.3, -0.25) is 4.79 Å². The van der Waals surface area contributed by atoms with E-state index in [2.05, 4.69) is 0 Å². The van der Waals surface area contributed by atoms with Crippen molar-refractivity contribution in [1.82, 2.24) is 4.90 Å². The Balaban J connectivity index is 1.97. The molecule has 21 heavy (non-hydrogen) atoms. The average Bonchev–Trinajstić information content (AvgIpc) is 2.48. The number of benzene rings is 2. The van der Waals surface area contributed by atoms with Crippen LogP contribution in [0.25, 0.3) is 0 Å². The highest BCUT2D eigenvalue weighted by Gasteiger charge is 2.10. The Hall–Kier alpha value is -2.67. The van der Waals surface area contributed by atoms with Gasteiger partial charge in [-0.05, 0) is 35.4 Å². The number of hydrogen-bond donors (Lipinski definition) is 0. The highest BCUT2D eigenvalue weighted by atomic mass is 19.1. The number of halogens is 1. The van der Waals surface area contributed by atoms with Crippen LogP contribution in [0.1, 0.15) is 16.7 Å². The van der Waals surface area contributed by atoms with Crippen molar-refractivity contribution in [1.29, 1.82) is 5.26 Å². The molecule has 0 radical (unpaired) electrons. The van der Waals surface area contributed by atoms with E-state index < -0.39 is 0 Å². The molecule has 0 atom stereocenters. The fraction of sp³-hybridized carbons (Fsp3) is 0.176. The van der Waals surface area contributed by atoms with Crippen LogP contribution < -0.4 is 0 Å². The van der Waals surface area contributed by atoms with Crippen molar-refractivity contribution in [3.8, 4) is 6.07 Å². The predicted octanol–water partition coefficient (Wildman–Crippen LogP) is 2.90.